The molecular weight excluding hydrogens is 421 g/mol. The molecule has 0 radical (unpaired) electrons. The van der Waals surface area contributed by atoms with Crippen LogP contribution in [-0.2, 0) is 16.2 Å². The number of sulfonamides is 1. The molecule has 1 aliphatic heterocycles. The highest BCUT2D eigenvalue weighted by Crippen LogP contribution is 2.36. The number of hydrogen-bond donors (Lipinski definition) is 1. The van der Waals surface area contributed by atoms with E-state index in [1.165, 1.54) is 17.2 Å². The molecular formula is C17H16ClF3N2O4S. The summed E-state index contributed by atoms with van der Waals surface area (Å²) in [5.74, 6) is -0.140. The van der Waals surface area contributed by atoms with Gasteiger partial charge in [-0.25, -0.2) is 13.1 Å². The molecule has 11 heteroatoms. The Hall–Kier alpha value is -2.04. The number of alkyl halides is 3. The highest BCUT2D eigenvalue weighted by atomic mass is 35.5. The Labute approximate surface area is 164 Å². The fourth-order valence-corrected chi connectivity index (χ4v) is 4.68. The van der Waals surface area contributed by atoms with Crippen LogP contribution in [0.25, 0.3) is 0 Å². The van der Waals surface area contributed by atoms with E-state index in [-0.39, 0.29) is 42.6 Å². The van der Waals surface area contributed by atoms with E-state index in [4.69, 9.17) is 16.0 Å². The van der Waals surface area contributed by atoms with Gasteiger partial charge in [0.15, 0.2) is 5.76 Å². The van der Waals surface area contributed by atoms with Gasteiger partial charge >= 0.3 is 6.18 Å². The lowest BCUT2D eigenvalue weighted by atomic mass is 10.1. The minimum absolute atomic E-state index is 0.176. The van der Waals surface area contributed by atoms with E-state index in [0.29, 0.717) is 6.07 Å². The van der Waals surface area contributed by atoms with Gasteiger partial charge in [-0.15, -0.1) is 0 Å². The molecule has 0 saturated carbocycles. The zero-order chi connectivity index (χ0) is 20.5. The third-order valence-electron chi connectivity index (χ3n) is 4.37. The van der Waals surface area contributed by atoms with Crippen molar-refractivity contribution in [3.05, 3.63) is 52.9 Å². The molecule has 1 fully saturated rings. The summed E-state index contributed by atoms with van der Waals surface area (Å²) < 4.78 is 72.0. The summed E-state index contributed by atoms with van der Waals surface area (Å²) >= 11 is 5.59. The number of nitrogens with zero attached hydrogens (tertiary/aromatic N) is 1. The summed E-state index contributed by atoms with van der Waals surface area (Å²) in [5.41, 5.74) is -1.32. The first-order valence-electron chi connectivity index (χ1n) is 8.30. The minimum atomic E-state index is -4.87. The lowest BCUT2D eigenvalue weighted by Gasteiger charge is -2.31. The lowest BCUT2D eigenvalue weighted by Crippen LogP contribution is -2.46. The number of amides is 1. The molecule has 0 aliphatic carbocycles. The van der Waals surface area contributed by atoms with Crippen molar-refractivity contribution >= 4 is 27.5 Å². The van der Waals surface area contributed by atoms with Crippen molar-refractivity contribution in [3.63, 3.8) is 0 Å². The second-order valence-electron chi connectivity index (χ2n) is 6.30. The van der Waals surface area contributed by atoms with Crippen LogP contribution in [-0.4, -0.2) is 38.4 Å². The summed E-state index contributed by atoms with van der Waals surface area (Å²) in [6.45, 7) is 0.499. The van der Waals surface area contributed by atoms with Crippen molar-refractivity contribution in [2.75, 3.05) is 13.1 Å². The topological polar surface area (TPSA) is 79.6 Å². The van der Waals surface area contributed by atoms with Crippen molar-refractivity contribution < 1.29 is 30.8 Å². The number of rotatable bonds is 4. The molecule has 0 atom stereocenters. The van der Waals surface area contributed by atoms with Gasteiger partial charge in [0.1, 0.15) is 0 Å². The molecule has 3 rings (SSSR count). The van der Waals surface area contributed by atoms with Crippen molar-refractivity contribution in [1.82, 2.24) is 9.62 Å². The van der Waals surface area contributed by atoms with Crippen molar-refractivity contribution in [2.24, 2.45) is 0 Å². The average Bonchev–Trinajstić information content (AvgIpc) is 3.15. The summed E-state index contributed by atoms with van der Waals surface area (Å²) in [6, 6.07) is 5.02. The molecule has 152 valence electrons. The second-order valence-corrected chi connectivity index (χ2v) is 8.42. The third kappa shape index (κ3) is 4.50. The van der Waals surface area contributed by atoms with Gasteiger partial charge in [0.05, 0.1) is 16.7 Å². The molecule has 2 heterocycles. The Morgan fingerprint density at radius 1 is 1.21 bits per heavy atom. The first kappa shape index (κ1) is 20.7. The van der Waals surface area contributed by atoms with Crippen LogP contribution in [0, 0.1) is 0 Å². The van der Waals surface area contributed by atoms with Crippen LogP contribution in [0.2, 0.25) is 5.02 Å². The van der Waals surface area contributed by atoms with Crippen LogP contribution >= 0.6 is 11.6 Å². The predicted octanol–water partition coefficient (Wildman–Crippen LogP) is 3.53. The van der Waals surface area contributed by atoms with Crippen LogP contribution in [0.1, 0.15) is 29.0 Å². The number of carbonyl (C=O) groups excluding carboxylic acids is 1. The highest BCUT2D eigenvalue weighted by molar-refractivity contribution is 7.89. The maximum atomic E-state index is 13.2. The zero-order valence-electron chi connectivity index (χ0n) is 14.4. The molecule has 0 bridgehead atoms. The molecule has 1 amide bonds. The molecule has 0 spiro atoms. The average molecular weight is 437 g/mol. The van der Waals surface area contributed by atoms with E-state index < -0.39 is 32.7 Å². The van der Waals surface area contributed by atoms with E-state index in [9.17, 15) is 26.4 Å². The van der Waals surface area contributed by atoms with E-state index >= 15 is 0 Å². The largest absolute Gasteiger partial charge is 0.459 e. The predicted molar refractivity (Wildman–Crippen MR) is 94.4 cm³/mol. The van der Waals surface area contributed by atoms with Gasteiger partial charge in [0.2, 0.25) is 10.0 Å². The number of benzene rings is 1. The van der Waals surface area contributed by atoms with Crippen LogP contribution in [0.15, 0.2) is 45.9 Å². The van der Waals surface area contributed by atoms with Gasteiger partial charge in [-0.3, -0.25) is 4.79 Å². The van der Waals surface area contributed by atoms with Gasteiger partial charge < -0.3 is 9.32 Å². The Morgan fingerprint density at radius 3 is 2.46 bits per heavy atom. The van der Waals surface area contributed by atoms with Gasteiger partial charge in [0, 0.05) is 24.2 Å². The van der Waals surface area contributed by atoms with Gasteiger partial charge in [-0.2, -0.15) is 13.2 Å². The van der Waals surface area contributed by atoms with Gasteiger partial charge in [0.25, 0.3) is 5.91 Å². The van der Waals surface area contributed by atoms with Crippen LogP contribution in [0.5, 0.6) is 0 Å². The monoisotopic (exact) mass is 436 g/mol. The first-order valence-corrected chi connectivity index (χ1v) is 10.2. The molecule has 6 nitrogen and oxygen atoms in total. The number of hydrogen-bond acceptors (Lipinski definition) is 4. The molecule has 1 aromatic heterocycles. The number of piperidine rings is 1. The van der Waals surface area contributed by atoms with E-state index in [1.807, 2.05) is 0 Å². The standard InChI is InChI=1S/C17H16ClF3N2O4S/c18-11-3-4-15(13(10-11)17(19,20)21)28(25,26)22-12-5-7-23(8-6-12)16(24)14-2-1-9-27-14/h1-4,9-10,12,22H,5-8H2. The molecule has 1 N–H and O–H groups in total. The van der Waals surface area contributed by atoms with E-state index in [1.54, 1.807) is 6.07 Å². The van der Waals surface area contributed by atoms with Crippen molar-refractivity contribution in [1.29, 1.82) is 0 Å². The van der Waals surface area contributed by atoms with E-state index in [0.717, 1.165) is 12.1 Å². The second kappa shape index (κ2) is 7.76. The number of likely N-dealkylation sites (tertiary alicyclic amines) is 1. The van der Waals surface area contributed by atoms with Crippen LogP contribution < -0.4 is 4.72 Å². The molecule has 1 aliphatic rings. The number of furan rings is 1. The fraction of sp³-hybridized carbons (Fsp3) is 0.353. The summed E-state index contributed by atoms with van der Waals surface area (Å²) in [7, 11) is -4.42. The number of carbonyl (C=O) groups is 1. The van der Waals surface area contributed by atoms with Gasteiger partial charge in [-0.05, 0) is 43.2 Å². The molecule has 2 aromatic rings. The molecule has 0 unspecified atom stereocenters. The maximum Gasteiger partial charge on any atom is 0.417 e. The summed E-state index contributed by atoms with van der Waals surface area (Å²) in [6.07, 6.45) is -2.96. The molecule has 1 aromatic carbocycles. The fourth-order valence-electron chi connectivity index (χ4n) is 3.00. The summed E-state index contributed by atoms with van der Waals surface area (Å²) in [4.78, 5) is 12.8. The minimum Gasteiger partial charge on any atom is -0.459 e. The Bertz CT molecular complexity index is 953. The van der Waals surface area contributed by atoms with Crippen molar-refractivity contribution in [2.45, 2.75) is 30.0 Å². The molecule has 28 heavy (non-hydrogen) atoms. The zero-order valence-corrected chi connectivity index (χ0v) is 15.9. The smallest absolute Gasteiger partial charge is 0.417 e. The maximum absolute atomic E-state index is 13.2. The van der Waals surface area contributed by atoms with Crippen molar-refractivity contribution in [3.8, 4) is 0 Å². The molecule has 1 saturated heterocycles. The quantitative estimate of drug-likeness (QED) is 0.795. The Morgan fingerprint density at radius 2 is 1.89 bits per heavy atom. The van der Waals surface area contributed by atoms with Crippen LogP contribution in [0.3, 0.4) is 0 Å². The third-order valence-corrected chi connectivity index (χ3v) is 6.19. The Balaban J connectivity index is 1.70. The van der Waals surface area contributed by atoms with E-state index in [2.05, 4.69) is 4.72 Å². The lowest BCUT2D eigenvalue weighted by molar-refractivity contribution is -0.139. The number of halogens is 4. The SMILES string of the molecule is O=C(c1ccco1)N1CCC(NS(=O)(=O)c2ccc(Cl)cc2C(F)(F)F)CC1. The highest BCUT2D eigenvalue weighted by Gasteiger charge is 2.38. The summed E-state index contributed by atoms with van der Waals surface area (Å²) in [5, 5.41) is -0.212. The Kier molecular flexibility index (Phi) is 5.74. The number of nitrogens with one attached hydrogen (secondary N) is 1. The van der Waals surface area contributed by atoms with Gasteiger partial charge in [-0.1, -0.05) is 11.6 Å². The normalized spacial score (nSPS) is 16.4. The van der Waals surface area contributed by atoms with Crippen LogP contribution in [0.4, 0.5) is 13.2 Å². The first-order chi connectivity index (χ1) is 13.1.